The summed E-state index contributed by atoms with van der Waals surface area (Å²) in [5.41, 5.74) is 0. The minimum Gasteiger partial charge on any atom is -0.303 e. The average Bonchev–Trinajstić information content (AvgIpc) is 2.80. The molecule has 2 fully saturated rings. The first-order valence-electron chi connectivity index (χ1n) is 7.22. The maximum Gasteiger partial charge on any atom is 0.0105 e. The van der Waals surface area contributed by atoms with Gasteiger partial charge in [0.05, 0.1) is 0 Å². The maximum absolute atomic E-state index is 2.65. The van der Waals surface area contributed by atoms with Crippen molar-refractivity contribution in [1.29, 1.82) is 0 Å². The fraction of sp³-hybridized carbons (Fsp3) is 1.00. The molecule has 0 radical (unpaired) electrons. The van der Waals surface area contributed by atoms with Crippen LogP contribution < -0.4 is 0 Å². The Labute approximate surface area is 101 Å². The van der Waals surface area contributed by atoms with Crippen LogP contribution in [-0.2, 0) is 0 Å². The summed E-state index contributed by atoms with van der Waals surface area (Å²) in [6.07, 6.45) is 8.52. The lowest BCUT2D eigenvalue weighted by Crippen LogP contribution is -2.42. The predicted octanol–water partition coefficient (Wildman–Crippen LogP) is 2.59. The summed E-state index contributed by atoms with van der Waals surface area (Å²) in [6.45, 7) is 7.72. The molecule has 0 bridgehead atoms. The van der Waals surface area contributed by atoms with Gasteiger partial charge in [0.15, 0.2) is 0 Å². The van der Waals surface area contributed by atoms with Crippen molar-refractivity contribution in [2.75, 3.05) is 33.2 Å². The highest BCUT2D eigenvalue weighted by atomic mass is 15.2. The average molecular weight is 224 g/mol. The van der Waals surface area contributed by atoms with Gasteiger partial charge in [-0.1, -0.05) is 13.3 Å². The Balaban J connectivity index is 1.69. The molecule has 2 saturated heterocycles. The molecule has 2 heteroatoms. The molecule has 0 aromatic heterocycles. The standard InChI is InChI=1S/C14H28N2/c1-3-13-6-7-14(15(2)12-13)8-11-16-9-4-5-10-16/h13-14H,3-12H2,1-2H3/t13-,14-/m0/s1. The van der Waals surface area contributed by atoms with Gasteiger partial charge in [-0.3, -0.25) is 0 Å². The van der Waals surface area contributed by atoms with E-state index in [1.165, 1.54) is 64.7 Å². The van der Waals surface area contributed by atoms with Gasteiger partial charge < -0.3 is 9.80 Å². The third kappa shape index (κ3) is 3.21. The Morgan fingerprint density at radius 1 is 1.12 bits per heavy atom. The molecular formula is C14H28N2. The van der Waals surface area contributed by atoms with Crippen LogP contribution in [0.4, 0.5) is 0 Å². The summed E-state index contributed by atoms with van der Waals surface area (Å²) < 4.78 is 0. The summed E-state index contributed by atoms with van der Waals surface area (Å²) in [5.74, 6) is 0.966. The summed E-state index contributed by atoms with van der Waals surface area (Å²) in [4.78, 5) is 5.27. The SMILES string of the molecule is CC[C@H]1CC[C@@H](CCN2CCCC2)N(C)C1. The Kier molecular flexibility index (Phi) is 4.66. The van der Waals surface area contributed by atoms with E-state index in [1.54, 1.807) is 0 Å². The zero-order valence-electron chi connectivity index (χ0n) is 11.1. The van der Waals surface area contributed by atoms with Crippen LogP contribution in [0, 0.1) is 5.92 Å². The van der Waals surface area contributed by atoms with Crippen LogP contribution in [0.15, 0.2) is 0 Å². The predicted molar refractivity (Wildman–Crippen MR) is 69.7 cm³/mol. The van der Waals surface area contributed by atoms with Crippen molar-refractivity contribution in [3.8, 4) is 0 Å². The zero-order valence-corrected chi connectivity index (χ0v) is 11.1. The van der Waals surface area contributed by atoms with Gasteiger partial charge in [-0.05, 0) is 64.7 Å². The smallest absolute Gasteiger partial charge is 0.0105 e. The largest absolute Gasteiger partial charge is 0.303 e. The molecule has 2 heterocycles. The van der Waals surface area contributed by atoms with Crippen molar-refractivity contribution in [1.82, 2.24) is 9.80 Å². The molecule has 0 amide bonds. The van der Waals surface area contributed by atoms with Crippen LogP contribution in [0.2, 0.25) is 0 Å². The van der Waals surface area contributed by atoms with E-state index in [0.717, 1.165) is 12.0 Å². The molecule has 0 unspecified atom stereocenters. The third-order valence-electron chi connectivity index (χ3n) is 4.63. The second-order valence-corrected chi connectivity index (χ2v) is 5.78. The third-order valence-corrected chi connectivity index (χ3v) is 4.63. The van der Waals surface area contributed by atoms with E-state index >= 15 is 0 Å². The van der Waals surface area contributed by atoms with Crippen LogP contribution >= 0.6 is 0 Å². The molecule has 0 aromatic rings. The molecule has 2 aliphatic heterocycles. The molecular weight excluding hydrogens is 196 g/mol. The number of rotatable bonds is 4. The highest BCUT2D eigenvalue weighted by Crippen LogP contribution is 2.25. The van der Waals surface area contributed by atoms with Gasteiger partial charge >= 0.3 is 0 Å². The molecule has 16 heavy (non-hydrogen) atoms. The molecule has 0 saturated carbocycles. The lowest BCUT2D eigenvalue weighted by Gasteiger charge is -2.37. The normalized spacial score (nSPS) is 33.4. The molecule has 0 spiro atoms. The number of hydrogen-bond donors (Lipinski definition) is 0. The van der Waals surface area contributed by atoms with E-state index < -0.39 is 0 Å². The Hall–Kier alpha value is -0.0800. The molecule has 2 aliphatic rings. The van der Waals surface area contributed by atoms with Crippen LogP contribution in [0.25, 0.3) is 0 Å². The summed E-state index contributed by atoms with van der Waals surface area (Å²) >= 11 is 0. The van der Waals surface area contributed by atoms with Crippen LogP contribution in [-0.4, -0.2) is 49.1 Å². The monoisotopic (exact) mass is 224 g/mol. The van der Waals surface area contributed by atoms with Crippen molar-refractivity contribution in [3.05, 3.63) is 0 Å². The summed E-state index contributed by atoms with van der Waals surface area (Å²) in [6, 6.07) is 0.864. The molecule has 94 valence electrons. The molecule has 0 N–H and O–H groups in total. The van der Waals surface area contributed by atoms with Gasteiger partial charge in [0, 0.05) is 12.6 Å². The quantitative estimate of drug-likeness (QED) is 0.724. The van der Waals surface area contributed by atoms with Gasteiger partial charge in [-0.25, -0.2) is 0 Å². The lowest BCUT2D eigenvalue weighted by atomic mass is 9.90. The van der Waals surface area contributed by atoms with Crippen LogP contribution in [0.3, 0.4) is 0 Å². The van der Waals surface area contributed by atoms with E-state index in [4.69, 9.17) is 0 Å². The molecule has 2 nitrogen and oxygen atoms in total. The lowest BCUT2D eigenvalue weighted by molar-refractivity contribution is 0.119. The minimum atomic E-state index is 0.864. The number of piperidine rings is 1. The summed E-state index contributed by atoms with van der Waals surface area (Å²) in [7, 11) is 2.33. The first-order valence-corrected chi connectivity index (χ1v) is 7.22. The molecule has 0 aromatic carbocycles. The zero-order chi connectivity index (χ0) is 11.4. The van der Waals surface area contributed by atoms with E-state index in [0.29, 0.717) is 0 Å². The molecule has 0 aliphatic carbocycles. The Morgan fingerprint density at radius 3 is 2.50 bits per heavy atom. The van der Waals surface area contributed by atoms with Crippen molar-refractivity contribution in [2.45, 2.75) is 51.5 Å². The van der Waals surface area contributed by atoms with Gasteiger partial charge in [0.25, 0.3) is 0 Å². The second kappa shape index (κ2) is 6.02. The van der Waals surface area contributed by atoms with Gasteiger partial charge in [-0.2, -0.15) is 0 Å². The van der Waals surface area contributed by atoms with Crippen LogP contribution in [0.5, 0.6) is 0 Å². The van der Waals surface area contributed by atoms with Gasteiger partial charge in [0.1, 0.15) is 0 Å². The number of likely N-dealkylation sites (tertiary alicyclic amines) is 2. The Morgan fingerprint density at radius 2 is 1.88 bits per heavy atom. The van der Waals surface area contributed by atoms with Crippen molar-refractivity contribution in [2.24, 2.45) is 5.92 Å². The fourth-order valence-corrected chi connectivity index (χ4v) is 3.33. The van der Waals surface area contributed by atoms with Gasteiger partial charge in [0.2, 0.25) is 0 Å². The molecule has 2 atom stereocenters. The Bertz CT molecular complexity index is 199. The minimum absolute atomic E-state index is 0.864. The first kappa shape index (κ1) is 12.4. The van der Waals surface area contributed by atoms with E-state index in [9.17, 15) is 0 Å². The fourth-order valence-electron chi connectivity index (χ4n) is 3.33. The number of hydrogen-bond acceptors (Lipinski definition) is 2. The topological polar surface area (TPSA) is 6.48 Å². The highest BCUT2D eigenvalue weighted by molar-refractivity contribution is 4.80. The van der Waals surface area contributed by atoms with Crippen molar-refractivity contribution >= 4 is 0 Å². The number of nitrogens with zero attached hydrogens (tertiary/aromatic N) is 2. The van der Waals surface area contributed by atoms with E-state index in [2.05, 4.69) is 23.8 Å². The summed E-state index contributed by atoms with van der Waals surface area (Å²) in [5, 5.41) is 0. The maximum atomic E-state index is 2.65. The van der Waals surface area contributed by atoms with Crippen molar-refractivity contribution < 1.29 is 0 Å². The van der Waals surface area contributed by atoms with Gasteiger partial charge in [-0.15, -0.1) is 0 Å². The second-order valence-electron chi connectivity index (χ2n) is 5.78. The molecule has 2 rings (SSSR count). The van der Waals surface area contributed by atoms with Crippen LogP contribution in [0.1, 0.15) is 45.4 Å². The van der Waals surface area contributed by atoms with E-state index in [-0.39, 0.29) is 0 Å². The van der Waals surface area contributed by atoms with E-state index in [1.807, 2.05) is 0 Å². The van der Waals surface area contributed by atoms with Crippen molar-refractivity contribution in [3.63, 3.8) is 0 Å². The highest BCUT2D eigenvalue weighted by Gasteiger charge is 2.25. The first-order chi connectivity index (χ1) is 7.79.